The Morgan fingerprint density at radius 2 is 1.61 bits per heavy atom. The highest BCUT2D eigenvalue weighted by atomic mass is 79.9. The van der Waals surface area contributed by atoms with Gasteiger partial charge in [-0.25, -0.2) is 4.98 Å². The van der Waals surface area contributed by atoms with Crippen LogP contribution in [0.3, 0.4) is 0 Å². The molecular formula is C15H9Br2N. The summed E-state index contributed by atoms with van der Waals surface area (Å²) in [4.78, 5) is 4.71. The maximum absolute atomic E-state index is 4.71. The number of rotatable bonds is 1. The number of hydrogen-bond acceptors (Lipinski definition) is 1. The van der Waals surface area contributed by atoms with E-state index in [1.807, 2.05) is 30.3 Å². The van der Waals surface area contributed by atoms with Crippen molar-refractivity contribution in [1.82, 2.24) is 4.98 Å². The molecular weight excluding hydrogens is 354 g/mol. The van der Waals surface area contributed by atoms with Crippen LogP contribution in [0.2, 0.25) is 0 Å². The van der Waals surface area contributed by atoms with Gasteiger partial charge in [0.15, 0.2) is 0 Å². The topological polar surface area (TPSA) is 12.9 Å². The highest BCUT2D eigenvalue weighted by Gasteiger charge is 2.04. The van der Waals surface area contributed by atoms with E-state index in [0.717, 1.165) is 31.1 Å². The molecule has 0 fully saturated rings. The summed E-state index contributed by atoms with van der Waals surface area (Å²) in [5.41, 5.74) is 3.11. The van der Waals surface area contributed by atoms with Crippen LogP contribution in [0.1, 0.15) is 0 Å². The van der Waals surface area contributed by atoms with Gasteiger partial charge in [0, 0.05) is 19.9 Å². The number of nitrogens with zero attached hydrogens (tertiary/aromatic N) is 1. The van der Waals surface area contributed by atoms with E-state index in [1.165, 1.54) is 0 Å². The molecule has 3 aromatic rings. The first-order valence-corrected chi connectivity index (χ1v) is 7.14. The number of benzene rings is 2. The van der Waals surface area contributed by atoms with Crippen LogP contribution in [-0.2, 0) is 0 Å². The molecule has 2 aromatic carbocycles. The second-order valence-corrected chi connectivity index (χ2v) is 5.79. The quantitative estimate of drug-likeness (QED) is 0.562. The van der Waals surface area contributed by atoms with Gasteiger partial charge in [-0.3, -0.25) is 0 Å². The number of fused-ring (bicyclic) bond motifs is 1. The van der Waals surface area contributed by atoms with Crippen LogP contribution in [0.5, 0.6) is 0 Å². The Bertz CT molecular complexity index is 708. The summed E-state index contributed by atoms with van der Waals surface area (Å²) in [6.45, 7) is 0. The fraction of sp³-hybridized carbons (Fsp3) is 0. The zero-order valence-electron chi connectivity index (χ0n) is 9.40. The molecule has 1 heterocycles. The van der Waals surface area contributed by atoms with Crippen molar-refractivity contribution in [1.29, 1.82) is 0 Å². The summed E-state index contributed by atoms with van der Waals surface area (Å²) >= 11 is 7.05. The van der Waals surface area contributed by atoms with E-state index in [4.69, 9.17) is 4.98 Å². The molecule has 0 saturated heterocycles. The molecule has 0 bridgehead atoms. The molecule has 0 radical (unpaired) electrons. The Hall–Kier alpha value is -1.19. The Balaban J connectivity index is 2.23. The van der Waals surface area contributed by atoms with Crippen LogP contribution >= 0.6 is 31.9 Å². The monoisotopic (exact) mass is 361 g/mol. The smallest absolute Gasteiger partial charge is 0.0732 e. The third-order valence-electron chi connectivity index (χ3n) is 2.79. The first-order valence-electron chi connectivity index (χ1n) is 5.55. The average molecular weight is 363 g/mol. The number of hydrogen-bond donors (Lipinski definition) is 0. The van der Waals surface area contributed by atoms with Crippen molar-refractivity contribution in [2.24, 2.45) is 0 Å². The third kappa shape index (κ3) is 2.20. The molecule has 0 unspecified atom stereocenters. The summed E-state index contributed by atoms with van der Waals surface area (Å²) in [5.74, 6) is 0. The van der Waals surface area contributed by atoms with E-state index in [0.29, 0.717) is 0 Å². The zero-order chi connectivity index (χ0) is 12.5. The minimum Gasteiger partial charge on any atom is -0.248 e. The van der Waals surface area contributed by atoms with Crippen LogP contribution in [0.15, 0.2) is 63.5 Å². The standard InChI is InChI=1S/C15H9Br2N/c16-11-8-13(17)12-6-7-14(18-15(12)9-11)10-4-2-1-3-5-10/h1-9H. The van der Waals surface area contributed by atoms with Crippen LogP contribution in [0, 0.1) is 0 Å². The van der Waals surface area contributed by atoms with E-state index in [1.54, 1.807) is 0 Å². The molecule has 0 aliphatic heterocycles. The van der Waals surface area contributed by atoms with Gasteiger partial charge in [-0.1, -0.05) is 62.2 Å². The van der Waals surface area contributed by atoms with Gasteiger partial charge in [0.05, 0.1) is 11.2 Å². The Morgan fingerprint density at radius 3 is 2.39 bits per heavy atom. The lowest BCUT2D eigenvalue weighted by atomic mass is 10.1. The van der Waals surface area contributed by atoms with Gasteiger partial charge in [-0.2, -0.15) is 0 Å². The van der Waals surface area contributed by atoms with Crippen LogP contribution < -0.4 is 0 Å². The molecule has 0 N–H and O–H groups in total. The minimum absolute atomic E-state index is 0.984. The van der Waals surface area contributed by atoms with E-state index < -0.39 is 0 Å². The molecule has 18 heavy (non-hydrogen) atoms. The predicted molar refractivity (Wildman–Crippen MR) is 82.6 cm³/mol. The predicted octanol–water partition coefficient (Wildman–Crippen LogP) is 5.43. The molecule has 3 heteroatoms. The molecule has 0 amide bonds. The highest BCUT2D eigenvalue weighted by molar-refractivity contribution is 9.11. The van der Waals surface area contributed by atoms with E-state index in [2.05, 4.69) is 56.1 Å². The van der Waals surface area contributed by atoms with Gasteiger partial charge in [0.1, 0.15) is 0 Å². The van der Waals surface area contributed by atoms with Crippen molar-refractivity contribution in [2.45, 2.75) is 0 Å². The average Bonchev–Trinajstić information content (AvgIpc) is 2.39. The zero-order valence-corrected chi connectivity index (χ0v) is 12.6. The normalized spacial score (nSPS) is 10.8. The summed E-state index contributed by atoms with van der Waals surface area (Å²) in [6, 6.07) is 18.4. The number of aromatic nitrogens is 1. The fourth-order valence-electron chi connectivity index (χ4n) is 1.93. The van der Waals surface area contributed by atoms with Gasteiger partial charge in [0.2, 0.25) is 0 Å². The molecule has 0 saturated carbocycles. The van der Waals surface area contributed by atoms with Crippen molar-refractivity contribution < 1.29 is 0 Å². The molecule has 3 rings (SSSR count). The summed E-state index contributed by atoms with van der Waals surface area (Å²) < 4.78 is 2.08. The first kappa shape index (κ1) is 11.9. The molecule has 0 spiro atoms. The molecule has 1 nitrogen and oxygen atoms in total. The molecule has 0 atom stereocenters. The lowest BCUT2D eigenvalue weighted by Gasteiger charge is -2.05. The van der Waals surface area contributed by atoms with Gasteiger partial charge in [-0.15, -0.1) is 0 Å². The van der Waals surface area contributed by atoms with Crippen molar-refractivity contribution in [3.8, 4) is 11.3 Å². The van der Waals surface area contributed by atoms with Gasteiger partial charge in [-0.05, 0) is 24.3 Å². The van der Waals surface area contributed by atoms with Gasteiger partial charge >= 0.3 is 0 Å². The van der Waals surface area contributed by atoms with Crippen molar-refractivity contribution in [2.75, 3.05) is 0 Å². The summed E-state index contributed by atoms with van der Waals surface area (Å²) in [5, 5.41) is 1.12. The van der Waals surface area contributed by atoms with Crippen molar-refractivity contribution in [3.63, 3.8) is 0 Å². The molecule has 88 valence electrons. The molecule has 0 aliphatic rings. The second kappa shape index (κ2) is 4.82. The number of pyridine rings is 1. The maximum Gasteiger partial charge on any atom is 0.0732 e. The van der Waals surface area contributed by atoms with E-state index in [9.17, 15) is 0 Å². The lowest BCUT2D eigenvalue weighted by Crippen LogP contribution is -1.86. The number of halogens is 2. The van der Waals surface area contributed by atoms with Crippen LogP contribution in [-0.4, -0.2) is 4.98 Å². The second-order valence-electron chi connectivity index (χ2n) is 4.02. The molecule has 0 aliphatic carbocycles. The summed E-state index contributed by atoms with van der Waals surface area (Å²) in [6.07, 6.45) is 0. The maximum atomic E-state index is 4.71. The largest absolute Gasteiger partial charge is 0.248 e. The van der Waals surface area contributed by atoms with Crippen LogP contribution in [0.25, 0.3) is 22.2 Å². The Kier molecular flexibility index (Phi) is 3.18. The first-order chi connectivity index (χ1) is 8.74. The van der Waals surface area contributed by atoms with Gasteiger partial charge in [0.25, 0.3) is 0 Å². The van der Waals surface area contributed by atoms with Crippen molar-refractivity contribution >= 4 is 42.8 Å². The minimum atomic E-state index is 0.984. The van der Waals surface area contributed by atoms with Gasteiger partial charge < -0.3 is 0 Å². The van der Waals surface area contributed by atoms with Crippen LogP contribution in [0.4, 0.5) is 0 Å². The fourth-order valence-corrected chi connectivity index (χ4v) is 3.26. The van der Waals surface area contributed by atoms with E-state index in [-0.39, 0.29) is 0 Å². The highest BCUT2D eigenvalue weighted by Crippen LogP contribution is 2.29. The van der Waals surface area contributed by atoms with Crippen molar-refractivity contribution in [3.05, 3.63) is 63.5 Å². The Labute approximate surface area is 122 Å². The van der Waals surface area contributed by atoms with E-state index >= 15 is 0 Å². The third-order valence-corrected chi connectivity index (χ3v) is 3.90. The summed E-state index contributed by atoms with van der Waals surface area (Å²) in [7, 11) is 0. The molecule has 1 aromatic heterocycles. The lowest BCUT2D eigenvalue weighted by molar-refractivity contribution is 1.39. The SMILES string of the molecule is Brc1cc(Br)c2ccc(-c3ccccc3)nc2c1. The Morgan fingerprint density at radius 1 is 0.833 bits per heavy atom.